The summed E-state index contributed by atoms with van der Waals surface area (Å²) in [5.41, 5.74) is 1.04. The summed E-state index contributed by atoms with van der Waals surface area (Å²) < 4.78 is 0. The Morgan fingerprint density at radius 3 is 2.43 bits per heavy atom. The molecule has 5 nitrogen and oxygen atoms in total. The maximum absolute atomic E-state index is 11.7. The molecule has 0 aromatic carbocycles. The second-order valence-corrected chi connectivity index (χ2v) is 6.89. The molecule has 23 heavy (non-hydrogen) atoms. The van der Waals surface area contributed by atoms with Gasteiger partial charge in [-0.05, 0) is 37.7 Å². The number of carbonyl (C=O) groups excluding carboxylic acids is 1. The standard InChI is InChI=1S/C18H31NO4/c20-12-15-18(23)17(22)14(19-15)10-5-3-1-2-4-8-13-9-6-7-11-16(13)21/h9,14-15,17-20,22-23H,1-8,10-12H2/t14-,15-,17-,18+/m1/s1. The summed E-state index contributed by atoms with van der Waals surface area (Å²) in [6.45, 7) is -0.150. The Kier molecular flexibility index (Phi) is 7.70. The van der Waals surface area contributed by atoms with Crippen LogP contribution in [0.2, 0.25) is 0 Å². The van der Waals surface area contributed by atoms with Crippen LogP contribution >= 0.6 is 0 Å². The van der Waals surface area contributed by atoms with Gasteiger partial charge in [0.2, 0.25) is 0 Å². The van der Waals surface area contributed by atoms with Crippen LogP contribution in [0.1, 0.15) is 64.2 Å². The number of hydrogen-bond acceptors (Lipinski definition) is 5. The highest BCUT2D eigenvalue weighted by Gasteiger charge is 2.39. The molecule has 2 aliphatic rings. The first kappa shape index (κ1) is 18.6. The first-order valence-electron chi connectivity index (χ1n) is 9.08. The van der Waals surface area contributed by atoms with Gasteiger partial charge in [0.15, 0.2) is 5.78 Å². The third kappa shape index (κ3) is 5.38. The molecule has 1 heterocycles. The number of hydrogen-bond donors (Lipinski definition) is 4. The van der Waals surface area contributed by atoms with Crippen LogP contribution in [-0.2, 0) is 4.79 Å². The van der Waals surface area contributed by atoms with E-state index in [9.17, 15) is 15.0 Å². The molecule has 0 spiro atoms. The molecule has 2 rings (SSSR count). The van der Waals surface area contributed by atoms with Crippen molar-refractivity contribution in [3.8, 4) is 0 Å². The number of carbonyl (C=O) groups is 1. The van der Waals surface area contributed by atoms with Gasteiger partial charge in [0, 0.05) is 12.5 Å². The molecule has 0 saturated carbocycles. The minimum Gasteiger partial charge on any atom is -0.395 e. The molecule has 0 bridgehead atoms. The largest absolute Gasteiger partial charge is 0.395 e. The molecule has 0 unspecified atom stereocenters. The molecular weight excluding hydrogens is 294 g/mol. The molecule has 0 aromatic heterocycles. The molecule has 1 aliphatic carbocycles. The Morgan fingerprint density at radius 2 is 1.74 bits per heavy atom. The van der Waals surface area contributed by atoms with E-state index in [4.69, 9.17) is 5.11 Å². The van der Waals surface area contributed by atoms with Crippen LogP contribution in [-0.4, -0.2) is 52.0 Å². The van der Waals surface area contributed by atoms with Gasteiger partial charge >= 0.3 is 0 Å². The predicted octanol–water partition coefficient (Wildman–Crippen LogP) is 1.45. The highest BCUT2D eigenvalue weighted by molar-refractivity contribution is 5.95. The van der Waals surface area contributed by atoms with E-state index < -0.39 is 18.2 Å². The minimum atomic E-state index is -0.869. The van der Waals surface area contributed by atoms with Gasteiger partial charge in [-0.3, -0.25) is 4.79 Å². The summed E-state index contributed by atoms with van der Waals surface area (Å²) >= 11 is 0. The zero-order chi connectivity index (χ0) is 16.7. The number of ketones is 1. The molecule has 0 aromatic rings. The van der Waals surface area contributed by atoms with Crippen molar-refractivity contribution in [2.24, 2.45) is 0 Å². The highest BCUT2D eigenvalue weighted by atomic mass is 16.3. The van der Waals surface area contributed by atoms with Crippen molar-refractivity contribution < 1.29 is 20.1 Å². The van der Waals surface area contributed by atoms with Gasteiger partial charge in [-0.15, -0.1) is 0 Å². The number of rotatable bonds is 9. The Balaban J connectivity index is 1.51. The fourth-order valence-corrected chi connectivity index (χ4v) is 3.63. The van der Waals surface area contributed by atoms with Gasteiger partial charge < -0.3 is 20.6 Å². The Hall–Kier alpha value is -0.750. The number of allylic oxidation sites excluding steroid dienone is 2. The van der Waals surface area contributed by atoms with Crippen LogP contribution in [0.4, 0.5) is 0 Å². The van der Waals surface area contributed by atoms with E-state index in [0.29, 0.717) is 5.78 Å². The molecule has 4 N–H and O–H groups in total. The Bertz CT molecular complexity index is 410. The van der Waals surface area contributed by atoms with Crippen molar-refractivity contribution in [1.82, 2.24) is 5.32 Å². The predicted molar refractivity (Wildman–Crippen MR) is 89.1 cm³/mol. The lowest BCUT2D eigenvalue weighted by Crippen LogP contribution is -2.36. The minimum absolute atomic E-state index is 0.118. The van der Waals surface area contributed by atoms with Crippen molar-refractivity contribution in [2.45, 2.75) is 88.5 Å². The van der Waals surface area contributed by atoms with Gasteiger partial charge in [0.1, 0.15) is 0 Å². The molecular formula is C18H31NO4. The maximum Gasteiger partial charge on any atom is 0.158 e. The number of unbranched alkanes of at least 4 members (excludes halogenated alkanes) is 4. The zero-order valence-corrected chi connectivity index (χ0v) is 13.9. The van der Waals surface area contributed by atoms with Gasteiger partial charge in [0.25, 0.3) is 0 Å². The highest BCUT2D eigenvalue weighted by Crippen LogP contribution is 2.21. The SMILES string of the molecule is O=C1CCCC=C1CCCCCCC[C@H]1N[C@H](CO)[C@H](O)[C@@H]1O. The topological polar surface area (TPSA) is 89.8 Å². The molecule has 5 heteroatoms. The second-order valence-electron chi connectivity index (χ2n) is 6.89. The van der Waals surface area contributed by atoms with Crippen LogP contribution in [0.3, 0.4) is 0 Å². The first-order chi connectivity index (χ1) is 11.1. The normalized spacial score (nSPS) is 31.4. The van der Waals surface area contributed by atoms with Gasteiger partial charge in [-0.1, -0.05) is 31.8 Å². The zero-order valence-electron chi connectivity index (χ0n) is 13.9. The van der Waals surface area contributed by atoms with E-state index in [1.54, 1.807) is 0 Å². The van der Waals surface area contributed by atoms with Crippen molar-refractivity contribution in [2.75, 3.05) is 6.61 Å². The number of Topliss-reactive ketones (excluding diaryl/α,β-unsaturated/α-hetero) is 1. The lowest BCUT2D eigenvalue weighted by atomic mass is 9.93. The molecule has 0 amide bonds. The lowest BCUT2D eigenvalue weighted by molar-refractivity contribution is -0.116. The molecule has 1 fully saturated rings. The molecule has 132 valence electrons. The third-order valence-electron chi connectivity index (χ3n) is 5.12. The second kappa shape index (κ2) is 9.52. The summed E-state index contributed by atoms with van der Waals surface area (Å²) in [7, 11) is 0. The van der Waals surface area contributed by atoms with Crippen LogP contribution in [0.25, 0.3) is 0 Å². The smallest absolute Gasteiger partial charge is 0.158 e. The average Bonchev–Trinajstić information content (AvgIpc) is 2.83. The summed E-state index contributed by atoms with van der Waals surface area (Å²) in [5, 5.41) is 31.8. The molecule has 1 aliphatic heterocycles. The quantitative estimate of drug-likeness (QED) is 0.482. The van der Waals surface area contributed by atoms with Crippen LogP contribution in [0, 0.1) is 0 Å². The number of nitrogens with one attached hydrogen (secondary N) is 1. The van der Waals surface area contributed by atoms with E-state index in [2.05, 4.69) is 11.4 Å². The summed E-state index contributed by atoms with van der Waals surface area (Å²) in [6, 6.07) is -0.525. The average molecular weight is 325 g/mol. The maximum atomic E-state index is 11.7. The lowest BCUT2D eigenvalue weighted by Gasteiger charge is -2.15. The fraction of sp³-hybridized carbons (Fsp3) is 0.833. The van der Waals surface area contributed by atoms with Crippen LogP contribution in [0.15, 0.2) is 11.6 Å². The summed E-state index contributed by atoms with van der Waals surface area (Å²) in [5.74, 6) is 0.342. The molecule has 4 atom stereocenters. The molecule has 0 radical (unpaired) electrons. The summed E-state index contributed by atoms with van der Waals surface area (Å²) in [6.07, 6.45) is 10.4. The van der Waals surface area contributed by atoms with E-state index in [-0.39, 0.29) is 12.6 Å². The van der Waals surface area contributed by atoms with Crippen LogP contribution < -0.4 is 5.32 Å². The summed E-state index contributed by atoms with van der Waals surface area (Å²) in [4.78, 5) is 11.7. The van der Waals surface area contributed by atoms with Crippen LogP contribution in [0.5, 0.6) is 0 Å². The Labute approximate surface area is 138 Å². The van der Waals surface area contributed by atoms with Crippen molar-refractivity contribution in [3.63, 3.8) is 0 Å². The van der Waals surface area contributed by atoms with E-state index >= 15 is 0 Å². The van der Waals surface area contributed by atoms with E-state index in [1.165, 1.54) is 0 Å². The number of aliphatic hydroxyl groups is 3. The van der Waals surface area contributed by atoms with E-state index in [0.717, 1.165) is 69.8 Å². The monoisotopic (exact) mass is 325 g/mol. The van der Waals surface area contributed by atoms with Gasteiger partial charge in [0.05, 0.1) is 24.9 Å². The van der Waals surface area contributed by atoms with E-state index in [1.807, 2.05) is 0 Å². The first-order valence-corrected chi connectivity index (χ1v) is 9.08. The third-order valence-corrected chi connectivity index (χ3v) is 5.12. The fourth-order valence-electron chi connectivity index (χ4n) is 3.63. The van der Waals surface area contributed by atoms with Gasteiger partial charge in [-0.25, -0.2) is 0 Å². The van der Waals surface area contributed by atoms with Crippen molar-refractivity contribution in [1.29, 1.82) is 0 Å². The van der Waals surface area contributed by atoms with Gasteiger partial charge in [-0.2, -0.15) is 0 Å². The van der Waals surface area contributed by atoms with Crippen molar-refractivity contribution in [3.05, 3.63) is 11.6 Å². The van der Waals surface area contributed by atoms with Crippen molar-refractivity contribution >= 4 is 5.78 Å². The Morgan fingerprint density at radius 1 is 1.04 bits per heavy atom. The number of aliphatic hydroxyl groups excluding tert-OH is 3. The molecule has 1 saturated heterocycles.